The number of hydrogen-bond acceptors (Lipinski definition) is 2. The number of unbranched alkanes of at least 4 members (excludes halogenated alkanes) is 13. The molecule has 0 saturated heterocycles. The molecule has 0 bridgehead atoms. The smallest absolute Gasteiger partial charge is 0.389 e. The van der Waals surface area contributed by atoms with Gasteiger partial charge in [-0.2, -0.15) is 13.2 Å². The summed E-state index contributed by atoms with van der Waals surface area (Å²) in [5, 5.41) is 11.8. The third-order valence-corrected chi connectivity index (χ3v) is 6.04. The van der Waals surface area contributed by atoms with E-state index in [4.69, 9.17) is 5.11 Å². The van der Waals surface area contributed by atoms with Gasteiger partial charge in [-0.1, -0.05) is 88.8 Å². The zero-order valence-corrected chi connectivity index (χ0v) is 20.2. The van der Waals surface area contributed by atoms with E-state index in [9.17, 15) is 18.0 Å². The van der Waals surface area contributed by atoms with E-state index >= 15 is 0 Å². The lowest BCUT2D eigenvalue weighted by Crippen LogP contribution is -2.25. The van der Waals surface area contributed by atoms with Crippen LogP contribution in [0, 0.1) is 0 Å². The maximum atomic E-state index is 12.6. The average molecular weight is 472 g/mol. The van der Waals surface area contributed by atoms with Crippen molar-refractivity contribution in [2.45, 2.75) is 115 Å². The van der Waals surface area contributed by atoms with Crippen LogP contribution in [0.1, 0.15) is 119 Å². The van der Waals surface area contributed by atoms with Gasteiger partial charge in [-0.3, -0.25) is 4.79 Å². The minimum absolute atomic E-state index is 0.000678. The second-order valence-corrected chi connectivity index (χ2v) is 9.06. The molecule has 0 aromatic heterocycles. The zero-order valence-electron chi connectivity index (χ0n) is 20.2. The van der Waals surface area contributed by atoms with Gasteiger partial charge in [-0.25, -0.2) is 0 Å². The number of aryl methyl sites for hydroxylation is 1. The number of hydrogen-bond donors (Lipinski definition) is 2. The van der Waals surface area contributed by atoms with E-state index in [0.717, 1.165) is 75.3 Å². The summed E-state index contributed by atoms with van der Waals surface area (Å²) in [5.41, 5.74) is 1.83. The second-order valence-electron chi connectivity index (χ2n) is 9.06. The fraction of sp³-hybridized carbons (Fsp3) is 0.741. The van der Waals surface area contributed by atoms with Gasteiger partial charge >= 0.3 is 6.18 Å². The number of carbonyl (C=O) groups is 1. The van der Waals surface area contributed by atoms with E-state index < -0.39 is 12.6 Å². The monoisotopic (exact) mass is 471 g/mol. The summed E-state index contributed by atoms with van der Waals surface area (Å²) < 4.78 is 36.4. The topological polar surface area (TPSA) is 49.3 Å². The molecule has 3 nitrogen and oxygen atoms in total. The minimum Gasteiger partial charge on any atom is -0.396 e. The van der Waals surface area contributed by atoms with E-state index in [0.29, 0.717) is 19.6 Å². The fourth-order valence-electron chi connectivity index (χ4n) is 4.08. The van der Waals surface area contributed by atoms with Crippen LogP contribution >= 0.6 is 0 Å². The van der Waals surface area contributed by atoms with Gasteiger partial charge in [-0.15, -0.1) is 0 Å². The molecule has 0 atom stereocenters. The Hall–Kier alpha value is -1.56. The number of aliphatic hydroxyl groups excluding tert-OH is 1. The molecule has 1 rings (SSSR count). The third kappa shape index (κ3) is 16.7. The molecule has 0 spiro atoms. The minimum atomic E-state index is -4.03. The van der Waals surface area contributed by atoms with Crippen molar-refractivity contribution >= 4 is 5.91 Å². The van der Waals surface area contributed by atoms with E-state index in [-0.39, 0.29) is 12.3 Å². The number of amides is 1. The highest BCUT2D eigenvalue weighted by Gasteiger charge is 2.25. The molecular formula is C27H44F3NO2. The number of nitrogens with one attached hydrogen (secondary N) is 1. The van der Waals surface area contributed by atoms with Crippen LogP contribution in [-0.4, -0.2) is 30.3 Å². The van der Waals surface area contributed by atoms with Crippen LogP contribution in [0.2, 0.25) is 0 Å². The molecule has 0 saturated carbocycles. The maximum Gasteiger partial charge on any atom is 0.389 e. The fourth-order valence-corrected chi connectivity index (χ4v) is 4.08. The molecule has 0 radical (unpaired) electrons. The molecule has 6 heteroatoms. The average Bonchev–Trinajstić information content (AvgIpc) is 2.78. The van der Waals surface area contributed by atoms with E-state index in [2.05, 4.69) is 5.32 Å². The summed E-state index contributed by atoms with van der Waals surface area (Å²) in [6.07, 6.45) is 10.9. The first-order chi connectivity index (χ1) is 15.9. The van der Waals surface area contributed by atoms with Gasteiger partial charge in [0.15, 0.2) is 0 Å². The molecule has 0 heterocycles. The number of aliphatic hydroxyl groups is 1. The van der Waals surface area contributed by atoms with Gasteiger partial charge in [0.1, 0.15) is 0 Å². The number of carbonyl (C=O) groups excluding carboxylic acids is 1. The summed E-state index contributed by atoms with van der Waals surface area (Å²) in [7, 11) is 0. The first-order valence-electron chi connectivity index (χ1n) is 13.0. The Labute approximate surface area is 198 Å². The molecule has 0 unspecified atom stereocenters. The van der Waals surface area contributed by atoms with Crippen molar-refractivity contribution in [3.63, 3.8) is 0 Å². The molecule has 2 N–H and O–H groups in total. The Bertz CT molecular complexity index is 620. The summed E-state index contributed by atoms with van der Waals surface area (Å²) >= 11 is 0. The first kappa shape index (κ1) is 29.5. The van der Waals surface area contributed by atoms with Crippen molar-refractivity contribution in [2.24, 2.45) is 0 Å². The lowest BCUT2D eigenvalue weighted by molar-refractivity contribution is -0.135. The van der Waals surface area contributed by atoms with Crippen LogP contribution in [0.4, 0.5) is 13.2 Å². The Morgan fingerprint density at radius 2 is 1.24 bits per heavy atom. The quantitative estimate of drug-likeness (QED) is 0.191. The first-order valence-corrected chi connectivity index (χ1v) is 13.0. The molecule has 33 heavy (non-hydrogen) atoms. The Morgan fingerprint density at radius 3 is 1.85 bits per heavy atom. The summed E-state index contributed by atoms with van der Waals surface area (Å²) in [6.45, 7) is 0.992. The molecular weight excluding hydrogens is 427 g/mol. The van der Waals surface area contributed by atoms with E-state index in [1.807, 2.05) is 24.3 Å². The van der Waals surface area contributed by atoms with Gasteiger partial charge in [0.05, 0.1) is 0 Å². The SMILES string of the molecule is O=C(NCCCCCCCCCCO)c1ccccc1CCCCCCCCCC(F)(F)F. The number of benzene rings is 1. The lowest BCUT2D eigenvalue weighted by Gasteiger charge is -2.10. The molecule has 0 aliphatic heterocycles. The molecule has 1 amide bonds. The summed E-state index contributed by atoms with van der Waals surface area (Å²) in [4.78, 5) is 12.6. The van der Waals surface area contributed by atoms with Crippen molar-refractivity contribution in [3.05, 3.63) is 35.4 Å². The van der Waals surface area contributed by atoms with Crippen LogP contribution < -0.4 is 5.32 Å². The molecule has 0 fully saturated rings. The predicted molar refractivity (Wildman–Crippen MR) is 129 cm³/mol. The van der Waals surface area contributed by atoms with Gasteiger partial charge in [0.25, 0.3) is 5.91 Å². The van der Waals surface area contributed by atoms with Gasteiger partial charge in [0, 0.05) is 25.1 Å². The maximum absolute atomic E-state index is 12.6. The van der Waals surface area contributed by atoms with Gasteiger partial charge in [-0.05, 0) is 43.7 Å². The van der Waals surface area contributed by atoms with Gasteiger partial charge in [0.2, 0.25) is 0 Å². The van der Waals surface area contributed by atoms with Crippen LogP contribution in [0.3, 0.4) is 0 Å². The van der Waals surface area contributed by atoms with Crippen molar-refractivity contribution in [2.75, 3.05) is 13.2 Å². The van der Waals surface area contributed by atoms with Crippen LogP contribution in [0.15, 0.2) is 24.3 Å². The van der Waals surface area contributed by atoms with Gasteiger partial charge < -0.3 is 10.4 Å². The third-order valence-electron chi connectivity index (χ3n) is 6.04. The van der Waals surface area contributed by atoms with E-state index in [1.54, 1.807) is 0 Å². The summed E-state index contributed by atoms with van der Waals surface area (Å²) in [5.74, 6) is -0.000678. The van der Waals surface area contributed by atoms with Crippen molar-refractivity contribution < 1.29 is 23.1 Å². The van der Waals surface area contributed by atoms with Crippen molar-refractivity contribution in [3.8, 4) is 0 Å². The Kier molecular flexibility index (Phi) is 16.8. The summed E-state index contributed by atoms with van der Waals surface area (Å²) in [6, 6.07) is 7.77. The molecule has 1 aromatic carbocycles. The Balaban J connectivity index is 2.12. The normalized spacial score (nSPS) is 11.6. The second kappa shape index (κ2) is 18.8. The highest BCUT2D eigenvalue weighted by molar-refractivity contribution is 5.95. The highest BCUT2D eigenvalue weighted by atomic mass is 19.4. The molecule has 190 valence electrons. The number of halogens is 3. The van der Waals surface area contributed by atoms with E-state index in [1.165, 1.54) is 25.7 Å². The Morgan fingerprint density at radius 1 is 0.727 bits per heavy atom. The van der Waals surface area contributed by atoms with Crippen molar-refractivity contribution in [1.29, 1.82) is 0 Å². The largest absolute Gasteiger partial charge is 0.396 e. The molecule has 0 aliphatic carbocycles. The number of alkyl halides is 3. The molecule has 1 aromatic rings. The zero-order chi connectivity index (χ0) is 24.2. The van der Waals surface area contributed by atoms with Crippen LogP contribution in [-0.2, 0) is 6.42 Å². The lowest BCUT2D eigenvalue weighted by atomic mass is 9.99. The van der Waals surface area contributed by atoms with Crippen molar-refractivity contribution in [1.82, 2.24) is 5.32 Å². The highest BCUT2D eigenvalue weighted by Crippen LogP contribution is 2.23. The van der Waals surface area contributed by atoms with Crippen LogP contribution in [0.5, 0.6) is 0 Å². The predicted octanol–water partition coefficient (Wildman–Crippen LogP) is 7.76. The molecule has 0 aliphatic rings. The standard InChI is InChI=1S/C27H44F3NO2/c28-27(29,30)21-15-9-5-3-4-8-12-18-24-19-13-14-20-25(24)26(33)31-22-16-10-6-1-2-7-11-17-23-32/h13-14,19-20,32H,1-12,15-18,21-23H2,(H,31,33). The van der Waals surface area contributed by atoms with Crippen LogP contribution in [0.25, 0.3) is 0 Å². The number of rotatable bonds is 20.